The van der Waals surface area contributed by atoms with E-state index < -0.39 is 11.4 Å². The quantitative estimate of drug-likeness (QED) is 0.642. The minimum atomic E-state index is -1.13. The van der Waals surface area contributed by atoms with Crippen LogP contribution in [0, 0.1) is 12.3 Å². The van der Waals surface area contributed by atoms with Gasteiger partial charge in [-0.25, -0.2) is 0 Å². The summed E-state index contributed by atoms with van der Waals surface area (Å²) in [5, 5.41) is 10.7. The van der Waals surface area contributed by atoms with Gasteiger partial charge in [0.15, 0.2) is 0 Å². The summed E-state index contributed by atoms with van der Waals surface area (Å²) >= 11 is 0. The van der Waals surface area contributed by atoms with Gasteiger partial charge in [0.05, 0.1) is 11.7 Å². The van der Waals surface area contributed by atoms with E-state index in [1.165, 1.54) is 4.90 Å². The number of amides is 2. The Balaban J connectivity index is 1.71. The van der Waals surface area contributed by atoms with Crippen molar-refractivity contribution >= 4 is 28.4 Å². The predicted octanol–water partition coefficient (Wildman–Crippen LogP) is 2.39. The second-order valence-electron chi connectivity index (χ2n) is 7.24. The second kappa shape index (κ2) is 8.39. The zero-order valence-electron chi connectivity index (χ0n) is 16.4. The molecule has 2 N–H and O–H groups in total. The Bertz CT molecular complexity index is 1090. The van der Waals surface area contributed by atoms with Crippen molar-refractivity contribution in [1.29, 1.82) is 0 Å². The fourth-order valence-corrected chi connectivity index (χ4v) is 3.90. The van der Waals surface area contributed by atoms with Crippen molar-refractivity contribution in [2.75, 3.05) is 18.1 Å². The van der Waals surface area contributed by atoms with Crippen LogP contribution in [0.4, 0.5) is 5.69 Å². The summed E-state index contributed by atoms with van der Waals surface area (Å²) in [7, 11) is 0. The Labute approximate surface area is 174 Å². The Hall–Kier alpha value is -3.63. The molecule has 30 heavy (non-hydrogen) atoms. The molecule has 1 aliphatic rings. The zero-order valence-corrected chi connectivity index (χ0v) is 16.4. The van der Waals surface area contributed by atoms with Gasteiger partial charge in [-0.1, -0.05) is 30.3 Å². The van der Waals surface area contributed by atoms with E-state index in [1.807, 2.05) is 42.5 Å². The maximum absolute atomic E-state index is 13.5. The molecule has 1 saturated heterocycles. The molecule has 0 spiro atoms. The third-order valence-corrected chi connectivity index (χ3v) is 5.48. The number of hydrogen-bond acceptors (Lipinski definition) is 4. The molecule has 152 valence electrons. The number of terminal acetylenes is 1. The van der Waals surface area contributed by atoms with Crippen molar-refractivity contribution < 1.29 is 14.3 Å². The van der Waals surface area contributed by atoms with E-state index in [-0.39, 0.29) is 5.91 Å². The first-order valence-electron chi connectivity index (χ1n) is 9.78. The Morgan fingerprint density at radius 1 is 1.20 bits per heavy atom. The first-order valence-corrected chi connectivity index (χ1v) is 9.78. The van der Waals surface area contributed by atoms with Crippen molar-refractivity contribution in [1.82, 2.24) is 15.5 Å². The van der Waals surface area contributed by atoms with Gasteiger partial charge in [0.25, 0.3) is 0 Å². The van der Waals surface area contributed by atoms with Crippen LogP contribution < -0.4 is 10.2 Å². The second-order valence-corrected chi connectivity index (χ2v) is 7.24. The number of fused-ring (bicyclic) bond motifs is 1. The lowest BCUT2D eigenvalue weighted by molar-refractivity contribution is -0.133. The van der Waals surface area contributed by atoms with Crippen LogP contribution in [-0.4, -0.2) is 40.8 Å². The Kier molecular flexibility index (Phi) is 5.50. The molecular weight excluding hydrogens is 380 g/mol. The molecule has 0 radical (unpaired) electrons. The maximum Gasteiger partial charge on any atom is 0.303 e. The number of nitrogens with one attached hydrogen (secondary N) is 2. The fourth-order valence-electron chi connectivity index (χ4n) is 3.90. The highest BCUT2D eigenvalue weighted by atomic mass is 16.5. The third-order valence-electron chi connectivity index (χ3n) is 5.48. The molecule has 1 aliphatic heterocycles. The smallest absolute Gasteiger partial charge is 0.303 e. The third kappa shape index (κ3) is 3.65. The van der Waals surface area contributed by atoms with Gasteiger partial charge in [0, 0.05) is 43.7 Å². The van der Waals surface area contributed by atoms with Crippen molar-refractivity contribution in [2.24, 2.45) is 0 Å². The summed E-state index contributed by atoms with van der Waals surface area (Å²) in [4.78, 5) is 27.9. The number of benzene rings is 2. The van der Waals surface area contributed by atoms with Crippen molar-refractivity contribution in [3.05, 3.63) is 60.3 Å². The molecule has 0 bridgehead atoms. The Morgan fingerprint density at radius 2 is 1.97 bits per heavy atom. The van der Waals surface area contributed by atoms with E-state index in [9.17, 15) is 9.59 Å². The molecule has 0 atom stereocenters. The fraction of sp³-hybridized carbons (Fsp3) is 0.261. The first kappa shape index (κ1) is 19.7. The van der Waals surface area contributed by atoms with Crippen LogP contribution in [0.1, 0.15) is 18.4 Å². The predicted molar refractivity (Wildman–Crippen MR) is 113 cm³/mol. The van der Waals surface area contributed by atoms with Gasteiger partial charge in [-0.05, 0) is 29.7 Å². The molecule has 2 heterocycles. The average molecular weight is 402 g/mol. The van der Waals surface area contributed by atoms with Crippen LogP contribution in [0.2, 0.25) is 0 Å². The van der Waals surface area contributed by atoms with E-state index >= 15 is 0 Å². The van der Waals surface area contributed by atoms with E-state index in [0.29, 0.717) is 38.3 Å². The minimum absolute atomic E-state index is 0.245. The molecule has 1 fully saturated rings. The molecule has 0 saturated carbocycles. The van der Waals surface area contributed by atoms with E-state index in [4.69, 9.17) is 11.2 Å². The number of aromatic nitrogens is 2. The van der Waals surface area contributed by atoms with Crippen LogP contribution in [0.15, 0.2) is 54.7 Å². The van der Waals surface area contributed by atoms with Crippen molar-refractivity contribution in [2.45, 2.75) is 24.9 Å². The van der Waals surface area contributed by atoms with Crippen LogP contribution in [-0.2, 0) is 20.9 Å². The number of carbonyl (C=O) groups is 2. The number of H-pyrrole nitrogens is 1. The number of aromatic amines is 1. The highest BCUT2D eigenvalue weighted by molar-refractivity contribution is 6.11. The standard InChI is InChI=1S/C23H22N4O3/c1-2-21(28)27(19-8-9-20-18(14-19)16-25-26-20)23(10-12-30-13-11-23)22(29)24-15-17-6-4-3-5-7-17/h1,3-9,14,16H,10-13,15H2,(H,24,29)(H,25,26). The Morgan fingerprint density at radius 3 is 2.70 bits per heavy atom. The monoisotopic (exact) mass is 402 g/mol. The zero-order chi connectivity index (χ0) is 21.0. The highest BCUT2D eigenvalue weighted by Crippen LogP contribution is 2.34. The summed E-state index contributed by atoms with van der Waals surface area (Å²) in [6.07, 6.45) is 7.88. The van der Waals surface area contributed by atoms with E-state index in [0.717, 1.165) is 16.5 Å². The molecule has 2 aromatic carbocycles. The van der Waals surface area contributed by atoms with Crippen LogP contribution >= 0.6 is 0 Å². The van der Waals surface area contributed by atoms with E-state index in [2.05, 4.69) is 21.4 Å². The SMILES string of the molecule is C#CC(=O)N(c1ccc2[nH]ncc2c1)C1(C(=O)NCc2ccccc2)CCOCC1. The van der Waals surface area contributed by atoms with Gasteiger partial charge < -0.3 is 10.1 Å². The molecule has 7 heteroatoms. The molecule has 0 aliphatic carbocycles. The van der Waals surface area contributed by atoms with Gasteiger partial charge in [0.1, 0.15) is 5.54 Å². The van der Waals surface area contributed by atoms with Crippen molar-refractivity contribution in [3.8, 4) is 12.3 Å². The molecule has 7 nitrogen and oxygen atoms in total. The van der Waals surface area contributed by atoms with Gasteiger partial charge in [-0.3, -0.25) is 19.6 Å². The molecule has 1 aromatic heterocycles. The van der Waals surface area contributed by atoms with E-state index in [1.54, 1.807) is 12.3 Å². The van der Waals surface area contributed by atoms with Gasteiger partial charge in [-0.2, -0.15) is 5.10 Å². The average Bonchev–Trinajstić information content (AvgIpc) is 3.27. The molecule has 0 unspecified atom stereocenters. The number of anilines is 1. The van der Waals surface area contributed by atoms with Gasteiger partial charge in [0.2, 0.25) is 5.91 Å². The van der Waals surface area contributed by atoms with Crippen LogP contribution in [0.3, 0.4) is 0 Å². The lowest BCUT2D eigenvalue weighted by atomic mass is 9.85. The maximum atomic E-state index is 13.5. The highest BCUT2D eigenvalue weighted by Gasteiger charge is 2.48. The van der Waals surface area contributed by atoms with Crippen LogP contribution in [0.5, 0.6) is 0 Å². The molecule has 2 amide bonds. The summed E-state index contributed by atoms with van der Waals surface area (Å²) in [6.45, 7) is 1.09. The van der Waals surface area contributed by atoms with Gasteiger partial charge >= 0.3 is 5.91 Å². The lowest BCUT2D eigenvalue weighted by Crippen LogP contribution is -2.63. The summed E-state index contributed by atoms with van der Waals surface area (Å²) in [5.41, 5.74) is 1.24. The number of carbonyl (C=O) groups excluding carboxylic acids is 2. The van der Waals surface area contributed by atoms with Crippen LogP contribution in [0.25, 0.3) is 10.9 Å². The topological polar surface area (TPSA) is 87.3 Å². The number of rotatable bonds is 5. The molecule has 4 rings (SSSR count). The van der Waals surface area contributed by atoms with Gasteiger partial charge in [-0.15, -0.1) is 6.42 Å². The first-order chi connectivity index (χ1) is 14.6. The largest absolute Gasteiger partial charge is 0.381 e. The molecule has 3 aromatic rings. The number of nitrogens with zero attached hydrogens (tertiary/aromatic N) is 2. The minimum Gasteiger partial charge on any atom is -0.381 e. The van der Waals surface area contributed by atoms with Crippen molar-refractivity contribution in [3.63, 3.8) is 0 Å². The normalized spacial score (nSPS) is 15.3. The summed E-state index contributed by atoms with van der Waals surface area (Å²) in [6, 6.07) is 15.0. The lowest BCUT2D eigenvalue weighted by Gasteiger charge is -2.44. The number of hydrogen-bond donors (Lipinski definition) is 2. The summed E-state index contributed by atoms with van der Waals surface area (Å²) < 4.78 is 5.51. The molecular formula is C23H22N4O3. The summed E-state index contributed by atoms with van der Waals surface area (Å²) in [5.74, 6) is 1.39. The number of ether oxygens (including phenoxy) is 1.